The van der Waals surface area contributed by atoms with Crippen molar-refractivity contribution in [2.45, 2.75) is 65.0 Å². The predicted molar refractivity (Wildman–Crippen MR) is 74.3 cm³/mol. The van der Waals surface area contributed by atoms with Crippen LogP contribution in [-0.4, -0.2) is 24.5 Å². The van der Waals surface area contributed by atoms with Crippen LogP contribution in [0.1, 0.15) is 52.9 Å². The number of hydrogen-bond acceptors (Lipinski definition) is 2. The molecule has 3 nitrogen and oxygen atoms in total. The first-order valence-corrected chi connectivity index (χ1v) is 7.60. The van der Waals surface area contributed by atoms with Crippen LogP contribution in [0, 0.1) is 17.8 Å². The number of carbonyl (C=O) groups excluding carboxylic acids is 1. The summed E-state index contributed by atoms with van der Waals surface area (Å²) in [4.78, 5) is 12.3. The van der Waals surface area contributed by atoms with Gasteiger partial charge >= 0.3 is 0 Å². The van der Waals surface area contributed by atoms with Crippen molar-refractivity contribution in [3.05, 3.63) is 0 Å². The van der Waals surface area contributed by atoms with E-state index in [0.717, 1.165) is 31.2 Å². The molecule has 18 heavy (non-hydrogen) atoms. The van der Waals surface area contributed by atoms with Gasteiger partial charge in [0.1, 0.15) is 0 Å². The third-order valence-electron chi connectivity index (χ3n) is 4.58. The number of amides is 1. The lowest BCUT2D eigenvalue weighted by atomic mass is 9.80. The lowest BCUT2D eigenvalue weighted by molar-refractivity contribution is -0.126. The van der Waals surface area contributed by atoms with Crippen molar-refractivity contribution < 1.29 is 4.79 Å². The molecule has 0 spiro atoms. The van der Waals surface area contributed by atoms with E-state index in [2.05, 4.69) is 31.4 Å². The summed E-state index contributed by atoms with van der Waals surface area (Å²) in [6, 6.07) is 0.429. The van der Waals surface area contributed by atoms with Crippen LogP contribution < -0.4 is 10.6 Å². The SMILES string of the molecule is CC1CC(C)CC(NC(=O)C2NCCCC2C)C1. The highest BCUT2D eigenvalue weighted by Crippen LogP contribution is 2.28. The Balaban J connectivity index is 1.86. The highest BCUT2D eigenvalue weighted by molar-refractivity contribution is 5.82. The van der Waals surface area contributed by atoms with Crippen molar-refractivity contribution in [1.29, 1.82) is 0 Å². The van der Waals surface area contributed by atoms with Gasteiger partial charge in [-0.2, -0.15) is 0 Å². The molecule has 1 saturated carbocycles. The molecule has 2 rings (SSSR count). The van der Waals surface area contributed by atoms with Crippen LogP contribution in [-0.2, 0) is 4.79 Å². The second kappa shape index (κ2) is 6.05. The van der Waals surface area contributed by atoms with Gasteiger partial charge in [-0.25, -0.2) is 0 Å². The molecule has 4 atom stereocenters. The van der Waals surface area contributed by atoms with E-state index in [1.54, 1.807) is 0 Å². The third-order valence-corrected chi connectivity index (χ3v) is 4.58. The molecule has 1 heterocycles. The molecule has 1 aliphatic heterocycles. The molecular weight excluding hydrogens is 224 g/mol. The minimum absolute atomic E-state index is 0.0336. The Morgan fingerprint density at radius 3 is 2.39 bits per heavy atom. The summed E-state index contributed by atoms with van der Waals surface area (Å²) < 4.78 is 0. The molecule has 0 radical (unpaired) electrons. The molecule has 2 aliphatic rings. The van der Waals surface area contributed by atoms with Gasteiger partial charge in [0.25, 0.3) is 0 Å². The van der Waals surface area contributed by atoms with Gasteiger partial charge in [0.2, 0.25) is 5.91 Å². The molecular formula is C15H28N2O. The second-order valence-corrected chi connectivity index (χ2v) is 6.67. The second-order valence-electron chi connectivity index (χ2n) is 6.67. The molecule has 3 heteroatoms. The average molecular weight is 252 g/mol. The first kappa shape index (κ1) is 13.9. The summed E-state index contributed by atoms with van der Waals surface area (Å²) in [5, 5.41) is 6.65. The Morgan fingerprint density at radius 2 is 1.78 bits per heavy atom. The van der Waals surface area contributed by atoms with Crippen molar-refractivity contribution in [3.63, 3.8) is 0 Å². The zero-order chi connectivity index (χ0) is 13.1. The van der Waals surface area contributed by atoms with E-state index in [9.17, 15) is 4.79 Å². The normalized spacial score (nSPS) is 41.4. The number of rotatable bonds is 2. The Kier molecular flexibility index (Phi) is 4.66. The van der Waals surface area contributed by atoms with E-state index in [-0.39, 0.29) is 11.9 Å². The lowest BCUT2D eigenvalue weighted by Crippen LogP contribution is -2.54. The maximum absolute atomic E-state index is 12.3. The minimum atomic E-state index is 0.0336. The van der Waals surface area contributed by atoms with E-state index >= 15 is 0 Å². The van der Waals surface area contributed by atoms with Crippen molar-refractivity contribution in [2.24, 2.45) is 17.8 Å². The monoisotopic (exact) mass is 252 g/mol. The molecule has 0 aromatic rings. The maximum atomic E-state index is 12.3. The minimum Gasteiger partial charge on any atom is -0.352 e. The fraction of sp³-hybridized carbons (Fsp3) is 0.933. The van der Waals surface area contributed by atoms with E-state index in [1.807, 2.05) is 0 Å². The maximum Gasteiger partial charge on any atom is 0.237 e. The summed E-state index contributed by atoms with van der Waals surface area (Å²) in [6.45, 7) is 7.77. The van der Waals surface area contributed by atoms with Crippen LogP contribution in [0.3, 0.4) is 0 Å². The fourth-order valence-electron chi connectivity index (χ4n) is 3.76. The van der Waals surface area contributed by atoms with Gasteiger partial charge in [-0.05, 0) is 56.4 Å². The molecule has 104 valence electrons. The number of carbonyl (C=O) groups is 1. The largest absolute Gasteiger partial charge is 0.352 e. The van der Waals surface area contributed by atoms with Crippen molar-refractivity contribution in [2.75, 3.05) is 6.54 Å². The number of hydrogen-bond donors (Lipinski definition) is 2. The van der Waals surface area contributed by atoms with Crippen LogP contribution in [0.2, 0.25) is 0 Å². The van der Waals surface area contributed by atoms with Crippen LogP contribution >= 0.6 is 0 Å². The van der Waals surface area contributed by atoms with Crippen LogP contribution in [0.5, 0.6) is 0 Å². The van der Waals surface area contributed by atoms with E-state index in [0.29, 0.717) is 12.0 Å². The van der Waals surface area contributed by atoms with Gasteiger partial charge < -0.3 is 10.6 Å². The molecule has 0 aromatic heterocycles. The molecule has 4 unspecified atom stereocenters. The fourth-order valence-corrected chi connectivity index (χ4v) is 3.76. The third kappa shape index (κ3) is 3.47. The van der Waals surface area contributed by atoms with Gasteiger partial charge in [-0.15, -0.1) is 0 Å². The zero-order valence-electron chi connectivity index (χ0n) is 12.0. The molecule has 0 bridgehead atoms. The molecule has 1 amide bonds. The standard InChI is InChI=1S/C15H28N2O/c1-10-7-11(2)9-13(8-10)17-15(18)14-12(3)5-4-6-16-14/h10-14,16H,4-9H2,1-3H3,(H,17,18). The summed E-state index contributed by atoms with van der Waals surface area (Å²) in [6.07, 6.45) is 5.98. The van der Waals surface area contributed by atoms with Crippen molar-refractivity contribution >= 4 is 5.91 Å². The smallest absolute Gasteiger partial charge is 0.237 e. The van der Waals surface area contributed by atoms with Crippen LogP contribution in [0.25, 0.3) is 0 Å². The highest BCUT2D eigenvalue weighted by atomic mass is 16.2. The number of piperidine rings is 1. The van der Waals surface area contributed by atoms with Gasteiger partial charge in [0.15, 0.2) is 0 Å². The first-order valence-electron chi connectivity index (χ1n) is 7.60. The Bertz CT molecular complexity index is 282. The average Bonchev–Trinajstić information content (AvgIpc) is 2.27. The quantitative estimate of drug-likeness (QED) is 0.792. The molecule has 2 fully saturated rings. The summed E-state index contributed by atoms with van der Waals surface area (Å²) in [7, 11) is 0. The Morgan fingerprint density at radius 1 is 1.11 bits per heavy atom. The van der Waals surface area contributed by atoms with Gasteiger partial charge in [0.05, 0.1) is 6.04 Å². The van der Waals surface area contributed by atoms with Crippen molar-refractivity contribution in [3.8, 4) is 0 Å². The van der Waals surface area contributed by atoms with E-state index in [1.165, 1.54) is 19.3 Å². The number of nitrogens with one attached hydrogen (secondary N) is 2. The summed E-state index contributed by atoms with van der Waals surface area (Å²) >= 11 is 0. The predicted octanol–water partition coefficient (Wildman–Crippen LogP) is 2.32. The molecule has 0 aromatic carbocycles. The summed E-state index contributed by atoms with van der Waals surface area (Å²) in [5.41, 5.74) is 0. The topological polar surface area (TPSA) is 41.1 Å². The van der Waals surface area contributed by atoms with Crippen LogP contribution in [0.15, 0.2) is 0 Å². The zero-order valence-corrected chi connectivity index (χ0v) is 12.0. The van der Waals surface area contributed by atoms with Crippen molar-refractivity contribution in [1.82, 2.24) is 10.6 Å². The Labute approximate surface area is 111 Å². The Hall–Kier alpha value is -0.570. The van der Waals surface area contributed by atoms with E-state index in [4.69, 9.17) is 0 Å². The van der Waals surface area contributed by atoms with Gasteiger partial charge in [0, 0.05) is 6.04 Å². The highest BCUT2D eigenvalue weighted by Gasteiger charge is 2.31. The molecule has 2 N–H and O–H groups in total. The molecule has 1 saturated heterocycles. The molecule has 1 aliphatic carbocycles. The van der Waals surface area contributed by atoms with E-state index < -0.39 is 0 Å². The summed E-state index contributed by atoms with van der Waals surface area (Å²) in [5.74, 6) is 2.19. The van der Waals surface area contributed by atoms with Gasteiger partial charge in [-0.3, -0.25) is 4.79 Å². The van der Waals surface area contributed by atoms with Gasteiger partial charge in [-0.1, -0.05) is 20.8 Å². The van der Waals surface area contributed by atoms with Crippen LogP contribution in [0.4, 0.5) is 0 Å². The first-order chi connectivity index (χ1) is 8.56. The lowest BCUT2D eigenvalue weighted by Gasteiger charge is -2.35.